The van der Waals surface area contributed by atoms with Gasteiger partial charge < -0.3 is 14.6 Å². The Labute approximate surface area is 116 Å². The molecular formula is C15H27N3O. The average molecular weight is 265 g/mol. The fourth-order valence-electron chi connectivity index (χ4n) is 2.69. The SMILES string of the molecule is CCNCc1coc(CN2CCC(N(C)C)CC2)c1. The third kappa shape index (κ3) is 4.34. The van der Waals surface area contributed by atoms with Crippen LogP contribution in [-0.2, 0) is 13.1 Å². The van der Waals surface area contributed by atoms with E-state index >= 15 is 0 Å². The number of furan rings is 1. The predicted molar refractivity (Wildman–Crippen MR) is 78.1 cm³/mol. The molecule has 0 atom stereocenters. The molecule has 4 heteroatoms. The molecule has 1 fully saturated rings. The van der Waals surface area contributed by atoms with E-state index in [-0.39, 0.29) is 0 Å². The third-order valence-electron chi connectivity index (χ3n) is 3.95. The number of hydrogen-bond acceptors (Lipinski definition) is 4. The first kappa shape index (κ1) is 14.6. The van der Waals surface area contributed by atoms with Crippen LogP contribution in [0.3, 0.4) is 0 Å². The van der Waals surface area contributed by atoms with Gasteiger partial charge in [0.05, 0.1) is 12.8 Å². The van der Waals surface area contributed by atoms with Gasteiger partial charge in [0.15, 0.2) is 0 Å². The molecular weight excluding hydrogens is 238 g/mol. The number of hydrogen-bond donors (Lipinski definition) is 1. The summed E-state index contributed by atoms with van der Waals surface area (Å²) in [6.45, 7) is 7.32. The molecule has 0 aliphatic carbocycles. The highest BCUT2D eigenvalue weighted by molar-refractivity contribution is 5.12. The molecule has 0 amide bonds. The zero-order valence-corrected chi connectivity index (χ0v) is 12.5. The van der Waals surface area contributed by atoms with Gasteiger partial charge in [-0.15, -0.1) is 0 Å². The number of nitrogens with zero attached hydrogens (tertiary/aromatic N) is 2. The number of rotatable bonds is 6. The van der Waals surface area contributed by atoms with Crippen LogP contribution < -0.4 is 5.32 Å². The summed E-state index contributed by atoms with van der Waals surface area (Å²) in [5.41, 5.74) is 1.25. The predicted octanol–water partition coefficient (Wildman–Crippen LogP) is 1.92. The first-order chi connectivity index (χ1) is 9.19. The van der Waals surface area contributed by atoms with Gasteiger partial charge in [-0.3, -0.25) is 4.90 Å². The lowest BCUT2D eigenvalue weighted by molar-refractivity contribution is 0.133. The highest BCUT2D eigenvalue weighted by Crippen LogP contribution is 2.17. The highest BCUT2D eigenvalue weighted by atomic mass is 16.3. The molecule has 0 aromatic carbocycles. The van der Waals surface area contributed by atoms with Crippen molar-refractivity contribution < 1.29 is 4.42 Å². The molecule has 1 aliphatic heterocycles. The number of piperidine rings is 1. The number of nitrogens with one attached hydrogen (secondary N) is 1. The van der Waals surface area contributed by atoms with Crippen molar-refractivity contribution in [1.82, 2.24) is 15.1 Å². The van der Waals surface area contributed by atoms with Gasteiger partial charge >= 0.3 is 0 Å². The van der Waals surface area contributed by atoms with Crippen molar-refractivity contribution in [3.63, 3.8) is 0 Å². The van der Waals surface area contributed by atoms with Crippen LogP contribution in [0.25, 0.3) is 0 Å². The largest absolute Gasteiger partial charge is 0.468 e. The Kier molecular flexibility index (Phi) is 5.43. The Balaban J connectivity index is 1.77. The molecule has 1 aromatic rings. The van der Waals surface area contributed by atoms with Crippen molar-refractivity contribution in [1.29, 1.82) is 0 Å². The van der Waals surface area contributed by atoms with Crippen LogP contribution in [0.15, 0.2) is 16.7 Å². The first-order valence-corrected chi connectivity index (χ1v) is 7.34. The molecule has 0 radical (unpaired) electrons. The van der Waals surface area contributed by atoms with Gasteiger partial charge in [-0.25, -0.2) is 0 Å². The molecule has 2 rings (SSSR count). The van der Waals surface area contributed by atoms with E-state index in [4.69, 9.17) is 4.42 Å². The average Bonchev–Trinajstić information content (AvgIpc) is 2.84. The second-order valence-electron chi connectivity index (χ2n) is 5.67. The normalized spacial score (nSPS) is 18.3. The summed E-state index contributed by atoms with van der Waals surface area (Å²) in [6.07, 6.45) is 4.40. The molecule has 1 saturated heterocycles. The lowest BCUT2D eigenvalue weighted by Gasteiger charge is -2.34. The fourth-order valence-corrected chi connectivity index (χ4v) is 2.69. The second-order valence-corrected chi connectivity index (χ2v) is 5.67. The van der Waals surface area contributed by atoms with Crippen molar-refractivity contribution in [3.8, 4) is 0 Å². The number of likely N-dealkylation sites (tertiary alicyclic amines) is 1. The van der Waals surface area contributed by atoms with Gasteiger partial charge in [-0.05, 0) is 39.5 Å². The Hall–Kier alpha value is -0.840. The Morgan fingerprint density at radius 3 is 2.74 bits per heavy atom. The summed E-state index contributed by atoms with van der Waals surface area (Å²) >= 11 is 0. The van der Waals surface area contributed by atoms with Crippen molar-refractivity contribution >= 4 is 0 Å². The second kappa shape index (κ2) is 7.08. The van der Waals surface area contributed by atoms with E-state index in [1.165, 1.54) is 31.5 Å². The quantitative estimate of drug-likeness (QED) is 0.851. The summed E-state index contributed by atoms with van der Waals surface area (Å²) in [5.74, 6) is 1.09. The maximum atomic E-state index is 5.65. The molecule has 0 unspecified atom stereocenters. The van der Waals surface area contributed by atoms with Crippen molar-refractivity contribution in [2.24, 2.45) is 0 Å². The molecule has 4 nitrogen and oxygen atoms in total. The summed E-state index contributed by atoms with van der Waals surface area (Å²) in [7, 11) is 4.36. The van der Waals surface area contributed by atoms with Gasteiger partial charge in [-0.1, -0.05) is 6.92 Å². The molecule has 1 aliphatic rings. The molecule has 1 N–H and O–H groups in total. The Morgan fingerprint density at radius 1 is 1.37 bits per heavy atom. The van der Waals surface area contributed by atoms with E-state index in [9.17, 15) is 0 Å². The van der Waals surface area contributed by atoms with Gasteiger partial charge in [0.2, 0.25) is 0 Å². The van der Waals surface area contributed by atoms with Crippen molar-refractivity contribution in [2.45, 2.75) is 38.9 Å². The van der Waals surface area contributed by atoms with E-state index in [1.807, 2.05) is 6.26 Å². The molecule has 108 valence electrons. The molecule has 1 aromatic heterocycles. The smallest absolute Gasteiger partial charge is 0.118 e. The van der Waals surface area contributed by atoms with Crippen molar-refractivity contribution in [2.75, 3.05) is 33.7 Å². The van der Waals surface area contributed by atoms with Gasteiger partial charge in [0, 0.05) is 31.2 Å². The highest BCUT2D eigenvalue weighted by Gasteiger charge is 2.21. The minimum absolute atomic E-state index is 0.747. The standard InChI is InChI=1S/C15H27N3O/c1-4-16-10-13-9-15(19-12-13)11-18-7-5-14(6-8-18)17(2)3/h9,12,14,16H,4-8,10-11H2,1-3H3. The topological polar surface area (TPSA) is 31.7 Å². The van der Waals surface area contributed by atoms with Gasteiger partial charge in [-0.2, -0.15) is 0 Å². The lowest BCUT2D eigenvalue weighted by atomic mass is 10.0. The van der Waals surface area contributed by atoms with Crippen LogP contribution in [-0.4, -0.2) is 49.6 Å². The van der Waals surface area contributed by atoms with Crippen LogP contribution >= 0.6 is 0 Å². The van der Waals surface area contributed by atoms with Crippen molar-refractivity contribution in [3.05, 3.63) is 23.7 Å². The van der Waals surface area contributed by atoms with Gasteiger partial charge in [0.25, 0.3) is 0 Å². The summed E-state index contributed by atoms with van der Waals surface area (Å²) in [6, 6.07) is 2.93. The van der Waals surface area contributed by atoms with E-state index in [2.05, 4.69) is 42.2 Å². The van der Waals surface area contributed by atoms with Crippen LogP contribution in [0.2, 0.25) is 0 Å². The maximum absolute atomic E-state index is 5.65. The van der Waals surface area contributed by atoms with E-state index < -0.39 is 0 Å². The van der Waals surface area contributed by atoms with Crippen LogP contribution in [0.4, 0.5) is 0 Å². The Morgan fingerprint density at radius 2 is 2.11 bits per heavy atom. The summed E-state index contributed by atoms with van der Waals surface area (Å²) < 4.78 is 5.65. The van der Waals surface area contributed by atoms with Crippen LogP contribution in [0.5, 0.6) is 0 Å². The van der Waals surface area contributed by atoms with Crippen LogP contribution in [0.1, 0.15) is 31.1 Å². The minimum atomic E-state index is 0.747. The molecule has 2 heterocycles. The monoisotopic (exact) mass is 265 g/mol. The lowest BCUT2D eigenvalue weighted by Crippen LogP contribution is -2.41. The molecule has 19 heavy (non-hydrogen) atoms. The fraction of sp³-hybridized carbons (Fsp3) is 0.733. The molecule has 0 saturated carbocycles. The minimum Gasteiger partial charge on any atom is -0.468 e. The maximum Gasteiger partial charge on any atom is 0.118 e. The van der Waals surface area contributed by atoms with E-state index in [1.54, 1.807) is 0 Å². The Bertz CT molecular complexity index is 367. The van der Waals surface area contributed by atoms with E-state index in [0.29, 0.717) is 0 Å². The zero-order chi connectivity index (χ0) is 13.7. The van der Waals surface area contributed by atoms with E-state index in [0.717, 1.165) is 31.4 Å². The third-order valence-corrected chi connectivity index (χ3v) is 3.95. The zero-order valence-electron chi connectivity index (χ0n) is 12.5. The van der Waals surface area contributed by atoms with Crippen LogP contribution in [0, 0.1) is 0 Å². The first-order valence-electron chi connectivity index (χ1n) is 7.34. The van der Waals surface area contributed by atoms with Gasteiger partial charge in [0.1, 0.15) is 5.76 Å². The summed E-state index contributed by atoms with van der Waals surface area (Å²) in [5, 5.41) is 3.32. The summed E-state index contributed by atoms with van der Waals surface area (Å²) in [4.78, 5) is 4.84. The molecule has 0 bridgehead atoms. The molecule has 0 spiro atoms.